The molecular weight excluding hydrogens is 508 g/mol. The Morgan fingerprint density at radius 2 is 1.70 bits per heavy atom. The van der Waals surface area contributed by atoms with E-state index in [-0.39, 0.29) is 18.0 Å². The standard InChI is InChI=1S/C30H38N6O4/c1-30(2)27(33-36(29(30)37)23-10-6-4-5-7-11-23)22-14-17-25(38-3)26(20-22)40-19-9-8-18-39-24-15-12-21(13-16-24)28-31-34-35-32-28/h4-5,12-17,20,23,27,33H,6-11,18-19H2,1-3H3,(H,31,32,34,35). The van der Waals surface area contributed by atoms with Crippen LogP contribution in [0.3, 0.4) is 0 Å². The minimum absolute atomic E-state index is 0.145. The zero-order chi connectivity index (χ0) is 28.0. The monoisotopic (exact) mass is 546 g/mol. The fourth-order valence-electron chi connectivity index (χ4n) is 5.32. The second-order valence-electron chi connectivity index (χ2n) is 10.8. The number of nitrogens with one attached hydrogen (secondary N) is 2. The number of tetrazole rings is 1. The Morgan fingerprint density at radius 3 is 2.38 bits per heavy atom. The minimum Gasteiger partial charge on any atom is -0.494 e. The molecule has 0 saturated carbocycles. The number of hydrazine groups is 1. The zero-order valence-electron chi connectivity index (χ0n) is 23.4. The van der Waals surface area contributed by atoms with Crippen molar-refractivity contribution < 1.29 is 19.0 Å². The van der Waals surface area contributed by atoms with Crippen LogP contribution in [-0.2, 0) is 4.79 Å². The van der Waals surface area contributed by atoms with E-state index in [1.807, 2.05) is 61.3 Å². The quantitative estimate of drug-likeness (QED) is 0.254. The maximum absolute atomic E-state index is 13.4. The van der Waals surface area contributed by atoms with Gasteiger partial charge in [-0.25, -0.2) is 5.43 Å². The number of methoxy groups -OCH3 is 1. The van der Waals surface area contributed by atoms with Crippen molar-refractivity contribution in [1.29, 1.82) is 0 Å². The molecule has 1 atom stereocenters. The molecule has 1 aromatic heterocycles. The molecular formula is C30H38N6O4. The highest BCUT2D eigenvalue weighted by molar-refractivity contribution is 5.85. The van der Waals surface area contributed by atoms with Gasteiger partial charge in [0.15, 0.2) is 11.5 Å². The molecule has 10 heteroatoms. The minimum atomic E-state index is -0.577. The summed E-state index contributed by atoms with van der Waals surface area (Å²) in [5.74, 6) is 2.84. The molecule has 1 unspecified atom stereocenters. The van der Waals surface area contributed by atoms with E-state index >= 15 is 0 Å². The molecule has 0 bridgehead atoms. The number of nitrogens with zero attached hydrogens (tertiary/aromatic N) is 4. The Kier molecular flexibility index (Phi) is 8.64. The summed E-state index contributed by atoms with van der Waals surface area (Å²) in [7, 11) is 1.64. The molecule has 40 heavy (non-hydrogen) atoms. The first-order chi connectivity index (χ1) is 19.5. The maximum atomic E-state index is 13.4. The Morgan fingerprint density at radius 1 is 0.975 bits per heavy atom. The van der Waals surface area contributed by atoms with Crippen LogP contribution in [-0.4, -0.2) is 57.9 Å². The lowest BCUT2D eigenvalue weighted by molar-refractivity contribution is -0.138. The summed E-state index contributed by atoms with van der Waals surface area (Å²) in [6.45, 7) is 5.15. The highest BCUT2D eigenvalue weighted by Gasteiger charge is 2.49. The Hall–Kier alpha value is -3.92. The van der Waals surface area contributed by atoms with Crippen LogP contribution >= 0.6 is 0 Å². The summed E-state index contributed by atoms with van der Waals surface area (Å²) in [6.07, 6.45) is 10.1. The van der Waals surface area contributed by atoms with E-state index in [1.165, 1.54) is 0 Å². The molecule has 0 spiro atoms. The number of allylic oxidation sites excluding steroid dienone is 2. The predicted octanol–water partition coefficient (Wildman–Crippen LogP) is 5.03. The van der Waals surface area contributed by atoms with Crippen molar-refractivity contribution in [2.75, 3.05) is 20.3 Å². The van der Waals surface area contributed by atoms with Gasteiger partial charge in [-0.05, 0) is 99.5 Å². The van der Waals surface area contributed by atoms with Crippen molar-refractivity contribution in [2.45, 2.75) is 64.5 Å². The summed E-state index contributed by atoms with van der Waals surface area (Å²) < 4.78 is 17.6. The third-order valence-corrected chi connectivity index (χ3v) is 7.67. The fourth-order valence-corrected chi connectivity index (χ4v) is 5.32. The molecule has 10 nitrogen and oxygen atoms in total. The zero-order valence-corrected chi connectivity index (χ0v) is 23.4. The molecule has 3 aromatic rings. The van der Waals surface area contributed by atoms with Gasteiger partial charge in [0.2, 0.25) is 11.7 Å². The Labute approximate surface area is 235 Å². The number of H-pyrrole nitrogens is 1. The number of unbranched alkanes of at least 4 members (excludes halogenated alkanes) is 1. The van der Waals surface area contributed by atoms with Gasteiger partial charge >= 0.3 is 0 Å². The summed E-state index contributed by atoms with van der Waals surface area (Å²) in [4.78, 5) is 13.4. The summed E-state index contributed by atoms with van der Waals surface area (Å²) in [6, 6.07) is 13.6. The number of carbonyl (C=O) groups excluding carboxylic acids is 1. The molecule has 0 radical (unpaired) electrons. The van der Waals surface area contributed by atoms with Crippen molar-refractivity contribution in [3.8, 4) is 28.6 Å². The number of benzene rings is 2. The van der Waals surface area contributed by atoms with Crippen molar-refractivity contribution >= 4 is 5.91 Å². The maximum Gasteiger partial charge on any atom is 0.244 e. The highest BCUT2D eigenvalue weighted by Crippen LogP contribution is 2.44. The molecule has 1 saturated heterocycles. The largest absolute Gasteiger partial charge is 0.494 e. The van der Waals surface area contributed by atoms with Crippen LogP contribution in [0.1, 0.15) is 64.0 Å². The Bertz CT molecular complexity index is 1280. The molecule has 1 fully saturated rings. The van der Waals surface area contributed by atoms with Crippen molar-refractivity contribution in [2.24, 2.45) is 5.41 Å². The lowest BCUT2D eigenvalue weighted by Crippen LogP contribution is -2.44. The molecule has 2 aliphatic rings. The Balaban J connectivity index is 1.14. The van der Waals surface area contributed by atoms with Crippen LogP contribution < -0.4 is 19.6 Å². The number of hydrogen-bond acceptors (Lipinski definition) is 8. The lowest BCUT2D eigenvalue weighted by atomic mass is 9.81. The van der Waals surface area contributed by atoms with Gasteiger partial charge < -0.3 is 14.2 Å². The summed E-state index contributed by atoms with van der Waals surface area (Å²) >= 11 is 0. The van der Waals surface area contributed by atoms with Gasteiger partial charge in [-0.3, -0.25) is 9.80 Å². The van der Waals surface area contributed by atoms with Gasteiger partial charge in [0.1, 0.15) is 5.75 Å². The van der Waals surface area contributed by atoms with E-state index in [4.69, 9.17) is 14.2 Å². The van der Waals surface area contributed by atoms with Crippen LogP contribution in [0.25, 0.3) is 11.4 Å². The van der Waals surface area contributed by atoms with Gasteiger partial charge in [-0.1, -0.05) is 18.2 Å². The first-order valence-electron chi connectivity index (χ1n) is 14.0. The summed E-state index contributed by atoms with van der Waals surface area (Å²) in [5.41, 5.74) is 4.86. The average molecular weight is 547 g/mol. The van der Waals surface area contributed by atoms with E-state index in [2.05, 4.69) is 38.2 Å². The topological polar surface area (TPSA) is 114 Å². The van der Waals surface area contributed by atoms with Crippen LogP contribution in [0.15, 0.2) is 54.6 Å². The second-order valence-corrected chi connectivity index (χ2v) is 10.8. The predicted molar refractivity (Wildman–Crippen MR) is 151 cm³/mol. The smallest absolute Gasteiger partial charge is 0.244 e. The van der Waals surface area contributed by atoms with E-state index in [0.29, 0.717) is 30.5 Å². The second kappa shape index (κ2) is 12.5. The fraction of sp³-hybridized carbons (Fsp3) is 0.467. The molecule has 2 N–H and O–H groups in total. The van der Waals surface area contributed by atoms with Crippen LogP contribution in [0.4, 0.5) is 0 Å². The van der Waals surface area contributed by atoms with Crippen LogP contribution in [0, 0.1) is 5.41 Å². The van der Waals surface area contributed by atoms with Crippen molar-refractivity contribution in [1.82, 2.24) is 31.1 Å². The van der Waals surface area contributed by atoms with Gasteiger partial charge in [-0.2, -0.15) is 5.21 Å². The average Bonchev–Trinajstić information content (AvgIpc) is 3.48. The van der Waals surface area contributed by atoms with Crippen LogP contribution in [0.5, 0.6) is 17.2 Å². The molecule has 212 valence electrons. The SMILES string of the molecule is COc1ccc(C2NN(C3CCC=CCC3)C(=O)C2(C)C)cc1OCCCCOc1ccc(-c2nn[nH]n2)cc1. The van der Waals surface area contributed by atoms with Gasteiger partial charge in [0.25, 0.3) is 0 Å². The summed E-state index contributed by atoms with van der Waals surface area (Å²) in [5, 5.41) is 15.9. The number of hydrogen-bond donors (Lipinski definition) is 2. The molecule has 1 aliphatic carbocycles. The number of aromatic amines is 1. The molecule has 2 heterocycles. The van der Waals surface area contributed by atoms with E-state index in [0.717, 1.165) is 55.4 Å². The van der Waals surface area contributed by atoms with Gasteiger partial charge in [-0.15, -0.1) is 10.2 Å². The number of ether oxygens (including phenoxy) is 3. The molecule has 1 amide bonds. The molecule has 2 aromatic carbocycles. The number of aromatic nitrogens is 4. The van der Waals surface area contributed by atoms with Gasteiger partial charge in [0.05, 0.1) is 31.8 Å². The van der Waals surface area contributed by atoms with Crippen molar-refractivity contribution in [3.63, 3.8) is 0 Å². The van der Waals surface area contributed by atoms with E-state index < -0.39 is 5.41 Å². The number of rotatable bonds is 11. The number of carbonyl (C=O) groups is 1. The normalized spacial score (nSPS) is 19.0. The van der Waals surface area contributed by atoms with Crippen molar-refractivity contribution in [3.05, 3.63) is 60.2 Å². The highest BCUT2D eigenvalue weighted by atomic mass is 16.5. The first-order valence-corrected chi connectivity index (χ1v) is 14.0. The molecule has 5 rings (SSSR count). The number of amides is 1. The van der Waals surface area contributed by atoms with Gasteiger partial charge in [0, 0.05) is 11.6 Å². The van der Waals surface area contributed by atoms with E-state index in [9.17, 15) is 4.79 Å². The third-order valence-electron chi connectivity index (χ3n) is 7.67. The van der Waals surface area contributed by atoms with E-state index in [1.54, 1.807) is 7.11 Å². The lowest BCUT2D eigenvalue weighted by Gasteiger charge is -2.27. The van der Waals surface area contributed by atoms with Crippen LogP contribution in [0.2, 0.25) is 0 Å². The first kappa shape index (κ1) is 27.6. The third kappa shape index (κ3) is 6.12. The molecule has 1 aliphatic heterocycles.